The Morgan fingerprint density at radius 3 is 2.29 bits per heavy atom. The van der Waals surface area contributed by atoms with Crippen LogP contribution in [0.3, 0.4) is 0 Å². The topological polar surface area (TPSA) is 58.6 Å². The van der Waals surface area contributed by atoms with E-state index in [1.54, 1.807) is 30.2 Å². The molecule has 0 unspecified atom stereocenters. The lowest BCUT2D eigenvalue weighted by molar-refractivity contribution is -0.141. The van der Waals surface area contributed by atoms with Crippen molar-refractivity contribution in [1.82, 2.24) is 10.2 Å². The minimum atomic E-state index is -0.617. The van der Waals surface area contributed by atoms with Gasteiger partial charge in [-0.2, -0.15) is 0 Å². The molecule has 0 aliphatic heterocycles. The monoisotopic (exact) mass is 464 g/mol. The van der Waals surface area contributed by atoms with Crippen molar-refractivity contribution in [3.8, 4) is 5.75 Å². The highest BCUT2D eigenvalue weighted by atomic mass is 35.5. The number of halogens is 2. The first-order valence-electron chi connectivity index (χ1n) is 10.5. The minimum Gasteiger partial charge on any atom is -0.497 e. The number of hydrogen-bond acceptors (Lipinski definition) is 3. The fraction of sp³-hybridized carbons (Fsp3) is 0.417. The molecule has 5 nitrogen and oxygen atoms in total. The normalized spacial score (nSPS) is 12.7. The van der Waals surface area contributed by atoms with Crippen molar-refractivity contribution in [2.45, 2.75) is 58.7 Å². The lowest BCUT2D eigenvalue weighted by Crippen LogP contribution is -2.51. The molecule has 0 radical (unpaired) electrons. The number of amides is 2. The molecule has 0 aliphatic rings. The summed E-state index contributed by atoms with van der Waals surface area (Å²) in [4.78, 5) is 28.0. The molecule has 0 saturated carbocycles. The molecule has 0 saturated heterocycles. The van der Waals surface area contributed by atoms with Crippen molar-refractivity contribution < 1.29 is 14.3 Å². The van der Waals surface area contributed by atoms with E-state index in [9.17, 15) is 9.59 Å². The van der Waals surface area contributed by atoms with Gasteiger partial charge in [-0.1, -0.05) is 55.2 Å². The van der Waals surface area contributed by atoms with Gasteiger partial charge < -0.3 is 15.0 Å². The van der Waals surface area contributed by atoms with Crippen molar-refractivity contribution >= 4 is 35.0 Å². The first-order valence-corrected chi connectivity index (χ1v) is 11.2. The molecule has 2 aromatic carbocycles. The van der Waals surface area contributed by atoms with E-state index in [1.165, 1.54) is 0 Å². The summed E-state index contributed by atoms with van der Waals surface area (Å²) in [6, 6.07) is 12.0. The molecule has 0 fully saturated rings. The van der Waals surface area contributed by atoms with Crippen molar-refractivity contribution in [3.63, 3.8) is 0 Å². The molecule has 2 rings (SSSR count). The predicted molar refractivity (Wildman–Crippen MR) is 126 cm³/mol. The molecule has 0 spiro atoms. The summed E-state index contributed by atoms with van der Waals surface area (Å²) in [5.41, 5.74) is 1.43. The standard InChI is InChI=1S/C24H30Cl2N2O3/c1-5-16(3)27-24(30)22(6-2)28(15-17-9-7-10-18(13-17)31-4)23(29)14-19-20(25)11-8-12-21(19)26/h7-13,16,22H,5-6,14-15H2,1-4H3,(H,27,30)/t16-,22+/m0/s1. The number of carbonyl (C=O) groups excluding carboxylic acids is 2. The van der Waals surface area contributed by atoms with Crippen LogP contribution in [0.25, 0.3) is 0 Å². The van der Waals surface area contributed by atoms with E-state index < -0.39 is 6.04 Å². The summed E-state index contributed by atoms with van der Waals surface area (Å²) in [7, 11) is 1.59. The van der Waals surface area contributed by atoms with Gasteiger partial charge in [-0.25, -0.2) is 0 Å². The van der Waals surface area contributed by atoms with Gasteiger partial charge >= 0.3 is 0 Å². The summed E-state index contributed by atoms with van der Waals surface area (Å²) >= 11 is 12.6. The summed E-state index contributed by atoms with van der Waals surface area (Å²) in [5.74, 6) is 0.304. The highest BCUT2D eigenvalue weighted by molar-refractivity contribution is 6.36. The van der Waals surface area contributed by atoms with E-state index in [1.807, 2.05) is 45.0 Å². The minimum absolute atomic E-state index is 0.00951. The smallest absolute Gasteiger partial charge is 0.243 e. The molecule has 7 heteroatoms. The van der Waals surface area contributed by atoms with Crippen molar-refractivity contribution in [3.05, 3.63) is 63.6 Å². The number of benzene rings is 2. The predicted octanol–water partition coefficient (Wildman–Crippen LogP) is 5.27. The van der Waals surface area contributed by atoms with E-state index in [0.29, 0.717) is 27.8 Å². The zero-order chi connectivity index (χ0) is 23.0. The zero-order valence-electron chi connectivity index (χ0n) is 18.5. The van der Waals surface area contributed by atoms with Crippen LogP contribution in [-0.2, 0) is 22.6 Å². The SMILES string of the molecule is CC[C@H](C(=O)N[C@@H](C)CC)N(Cc1cccc(OC)c1)C(=O)Cc1c(Cl)cccc1Cl. The fourth-order valence-electron chi connectivity index (χ4n) is 3.28. The molecule has 2 atom stereocenters. The Morgan fingerprint density at radius 2 is 1.71 bits per heavy atom. The van der Waals surface area contributed by atoms with Crippen LogP contribution >= 0.6 is 23.2 Å². The van der Waals surface area contributed by atoms with E-state index in [0.717, 1.165) is 12.0 Å². The summed E-state index contributed by atoms with van der Waals surface area (Å²) in [5, 5.41) is 3.86. The third-order valence-electron chi connectivity index (χ3n) is 5.26. The number of nitrogens with one attached hydrogen (secondary N) is 1. The highest BCUT2D eigenvalue weighted by Crippen LogP contribution is 2.26. The van der Waals surface area contributed by atoms with E-state index in [2.05, 4.69) is 5.32 Å². The Hall–Kier alpha value is -2.24. The van der Waals surface area contributed by atoms with Gasteiger partial charge in [0.15, 0.2) is 0 Å². The number of nitrogens with zero attached hydrogens (tertiary/aromatic N) is 1. The van der Waals surface area contributed by atoms with Gasteiger partial charge in [-0.15, -0.1) is 0 Å². The van der Waals surface area contributed by atoms with Gasteiger partial charge in [0.25, 0.3) is 0 Å². The van der Waals surface area contributed by atoms with E-state index in [-0.39, 0.29) is 30.8 Å². The Bertz CT molecular complexity index is 884. The van der Waals surface area contributed by atoms with Gasteiger partial charge in [0, 0.05) is 22.6 Å². The second kappa shape index (κ2) is 12.0. The molecule has 168 valence electrons. The maximum absolute atomic E-state index is 13.4. The highest BCUT2D eigenvalue weighted by Gasteiger charge is 2.30. The first kappa shape index (κ1) is 25.0. The van der Waals surface area contributed by atoms with Gasteiger partial charge in [0.1, 0.15) is 11.8 Å². The van der Waals surface area contributed by atoms with Crippen LogP contribution in [0.4, 0.5) is 0 Å². The Balaban J connectivity index is 2.37. The second-order valence-corrected chi connectivity index (χ2v) is 8.31. The Kier molecular flexibility index (Phi) is 9.66. The van der Waals surface area contributed by atoms with E-state index in [4.69, 9.17) is 27.9 Å². The molecule has 2 amide bonds. The number of rotatable bonds is 10. The van der Waals surface area contributed by atoms with Gasteiger partial charge in [0.05, 0.1) is 13.5 Å². The summed E-state index contributed by atoms with van der Waals surface area (Å²) in [6.45, 7) is 6.12. The van der Waals surface area contributed by atoms with Crippen LogP contribution < -0.4 is 10.1 Å². The van der Waals surface area contributed by atoms with Gasteiger partial charge in [0.2, 0.25) is 11.8 Å². The molecule has 0 aliphatic carbocycles. The maximum Gasteiger partial charge on any atom is 0.243 e. The third kappa shape index (κ3) is 6.88. The number of hydrogen-bond donors (Lipinski definition) is 1. The van der Waals surface area contributed by atoms with Crippen LogP contribution in [-0.4, -0.2) is 35.9 Å². The van der Waals surface area contributed by atoms with Crippen LogP contribution in [0.5, 0.6) is 5.75 Å². The Morgan fingerprint density at radius 1 is 1.06 bits per heavy atom. The fourth-order valence-corrected chi connectivity index (χ4v) is 3.81. The van der Waals surface area contributed by atoms with Crippen LogP contribution in [0, 0.1) is 0 Å². The molecule has 2 aromatic rings. The van der Waals surface area contributed by atoms with Gasteiger partial charge in [-0.05, 0) is 55.2 Å². The average molecular weight is 465 g/mol. The van der Waals surface area contributed by atoms with Crippen molar-refractivity contribution in [2.24, 2.45) is 0 Å². The summed E-state index contributed by atoms with van der Waals surface area (Å²) in [6.07, 6.45) is 1.30. The van der Waals surface area contributed by atoms with Gasteiger partial charge in [-0.3, -0.25) is 9.59 Å². The molecule has 0 heterocycles. The maximum atomic E-state index is 13.4. The lowest BCUT2D eigenvalue weighted by Gasteiger charge is -2.32. The lowest BCUT2D eigenvalue weighted by atomic mass is 10.1. The quantitative estimate of drug-likeness (QED) is 0.520. The molecule has 0 bridgehead atoms. The third-order valence-corrected chi connectivity index (χ3v) is 5.97. The average Bonchev–Trinajstić information content (AvgIpc) is 2.76. The van der Waals surface area contributed by atoms with Crippen molar-refractivity contribution in [1.29, 1.82) is 0 Å². The second-order valence-electron chi connectivity index (χ2n) is 7.49. The molecule has 1 N–H and O–H groups in total. The molecular weight excluding hydrogens is 435 g/mol. The van der Waals surface area contributed by atoms with Crippen LogP contribution in [0.15, 0.2) is 42.5 Å². The number of carbonyl (C=O) groups is 2. The first-order chi connectivity index (χ1) is 14.8. The number of methoxy groups -OCH3 is 1. The molecule has 31 heavy (non-hydrogen) atoms. The van der Waals surface area contributed by atoms with E-state index >= 15 is 0 Å². The molecule has 0 aromatic heterocycles. The summed E-state index contributed by atoms with van der Waals surface area (Å²) < 4.78 is 5.31. The number of ether oxygens (including phenoxy) is 1. The zero-order valence-corrected chi connectivity index (χ0v) is 20.0. The Labute approximate surface area is 194 Å². The van der Waals surface area contributed by atoms with Crippen LogP contribution in [0.1, 0.15) is 44.7 Å². The van der Waals surface area contributed by atoms with Crippen molar-refractivity contribution in [2.75, 3.05) is 7.11 Å². The largest absolute Gasteiger partial charge is 0.497 e. The molecular formula is C24H30Cl2N2O3. The van der Waals surface area contributed by atoms with Crippen LogP contribution in [0.2, 0.25) is 10.0 Å².